The van der Waals surface area contributed by atoms with Crippen LogP contribution in [0.3, 0.4) is 0 Å². The van der Waals surface area contributed by atoms with Crippen LogP contribution in [-0.2, 0) is 16.1 Å². The van der Waals surface area contributed by atoms with Crippen molar-refractivity contribution in [3.63, 3.8) is 0 Å². The molecule has 0 aliphatic carbocycles. The lowest BCUT2D eigenvalue weighted by Crippen LogP contribution is -2.52. The van der Waals surface area contributed by atoms with Crippen molar-refractivity contribution in [1.82, 2.24) is 5.32 Å². The van der Waals surface area contributed by atoms with Gasteiger partial charge in [0.1, 0.15) is 5.54 Å². The summed E-state index contributed by atoms with van der Waals surface area (Å²) in [5, 5.41) is 3.44. The zero-order valence-electron chi connectivity index (χ0n) is 12.9. The normalized spacial score (nSPS) is 13.8. The summed E-state index contributed by atoms with van der Waals surface area (Å²) in [6.07, 6.45) is 3.67. The number of ether oxygens (including phenoxy) is 1. The molecule has 0 aliphatic heterocycles. The second-order valence-electron chi connectivity index (χ2n) is 5.10. The number of esters is 1. The highest BCUT2D eigenvalue weighted by Gasteiger charge is 2.36. The molecule has 0 aromatic heterocycles. The second-order valence-corrected chi connectivity index (χ2v) is 5.10. The Labute approximate surface area is 122 Å². The molecule has 0 saturated heterocycles. The van der Waals surface area contributed by atoms with Crippen molar-refractivity contribution >= 4 is 5.97 Å². The van der Waals surface area contributed by atoms with E-state index in [1.54, 1.807) is 0 Å². The Bertz CT molecular complexity index is 391. The highest BCUT2D eigenvalue weighted by Crippen LogP contribution is 2.21. The molecule has 1 aromatic carbocycles. The number of nitrogens with one attached hydrogen (secondary N) is 1. The molecule has 3 heteroatoms. The van der Waals surface area contributed by atoms with Gasteiger partial charge in [-0.3, -0.25) is 10.1 Å². The molecule has 20 heavy (non-hydrogen) atoms. The molecule has 0 heterocycles. The number of carbonyl (C=O) groups excluding carboxylic acids is 1. The van der Waals surface area contributed by atoms with Gasteiger partial charge in [-0.15, -0.1) is 0 Å². The van der Waals surface area contributed by atoms with Gasteiger partial charge in [-0.25, -0.2) is 0 Å². The van der Waals surface area contributed by atoms with Gasteiger partial charge in [0.15, 0.2) is 0 Å². The summed E-state index contributed by atoms with van der Waals surface area (Å²) in [7, 11) is 0. The predicted octanol–water partition coefficient (Wildman–Crippen LogP) is 3.68. The number of benzene rings is 1. The highest BCUT2D eigenvalue weighted by atomic mass is 16.5. The minimum absolute atomic E-state index is 0.119. The SMILES string of the molecule is CCCCC(CC)(NCc1ccccc1)C(=O)OCC. The van der Waals surface area contributed by atoms with Gasteiger partial charge >= 0.3 is 5.97 Å². The fraction of sp³-hybridized carbons (Fsp3) is 0.588. The smallest absolute Gasteiger partial charge is 0.326 e. The summed E-state index contributed by atoms with van der Waals surface area (Å²) >= 11 is 0. The van der Waals surface area contributed by atoms with Gasteiger partial charge in [-0.2, -0.15) is 0 Å². The van der Waals surface area contributed by atoms with Gasteiger partial charge in [0.2, 0.25) is 0 Å². The van der Waals surface area contributed by atoms with E-state index < -0.39 is 5.54 Å². The molecule has 0 amide bonds. The molecule has 0 spiro atoms. The van der Waals surface area contributed by atoms with E-state index in [1.807, 2.05) is 32.0 Å². The zero-order chi connectivity index (χ0) is 14.8. The fourth-order valence-corrected chi connectivity index (χ4v) is 2.32. The first-order valence-electron chi connectivity index (χ1n) is 7.64. The van der Waals surface area contributed by atoms with Gasteiger partial charge in [0, 0.05) is 6.54 Å². The molecule has 1 rings (SSSR count). The van der Waals surface area contributed by atoms with Gasteiger partial charge in [-0.05, 0) is 25.3 Å². The number of hydrogen-bond donors (Lipinski definition) is 1. The number of unbranched alkanes of at least 4 members (excludes halogenated alkanes) is 1. The molecule has 0 saturated carbocycles. The molecule has 0 aliphatic rings. The molecule has 1 unspecified atom stereocenters. The Morgan fingerprint density at radius 3 is 2.45 bits per heavy atom. The third kappa shape index (κ3) is 4.64. The van der Waals surface area contributed by atoms with Crippen molar-refractivity contribution in [3.05, 3.63) is 35.9 Å². The molecule has 1 N–H and O–H groups in total. The predicted molar refractivity (Wildman–Crippen MR) is 82.5 cm³/mol. The summed E-state index contributed by atoms with van der Waals surface area (Å²) < 4.78 is 5.28. The largest absolute Gasteiger partial charge is 0.465 e. The Hall–Kier alpha value is -1.35. The average Bonchev–Trinajstić information content (AvgIpc) is 2.49. The van der Waals surface area contributed by atoms with Crippen LogP contribution in [0.4, 0.5) is 0 Å². The minimum atomic E-state index is -0.554. The maximum atomic E-state index is 12.3. The minimum Gasteiger partial charge on any atom is -0.465 e. The van der Waals surface area contributed by atoms with E-state index in [0.29, 0.717) is 13.2 Å². The second kappa shape index (κ2) is 8.75. The Balaban J connectivity index is 2.77. The third-order valence-electron chi connectivity index (χ3n) is 3.70. The van der Waals surface area contributed by atoms with Crippen LogP contribution in [-0.4, -0.2) is 18.1 Å². The Morgan fingerprint density at radius 1 is 1.20 bits per heavy atom. The molecule has 0 fully saturated rings. The summed E-state index contributed by atoms with van der Waals surface area (Å²) in [5.74, 6) is -0.119. The van der Waals surface area contributed by atoms with Crippen LogP contribution in [0, 0.1) is 0 Å². The van der Waals surface area contributed by atoms with Crippen molar-refractivity contribution in [2.45, 2.75) is 58.5 Å². The lowest BCUT2D eigenvalue weighted by Gasteiger charge is -2.31. The first-order chi connectivity index (χ1) is 9.68. The lowest BCUT2D eigenvalue weighted by molar-refractivity contribution is -0.152. The van der Waals surface area contributed by atoms with Crippen LogP contribution < -0.4 is 5.32 Å². The van der Waals surface area contributed by atoms with E-state index in [4.69, 9.17) is 4.74 Å². The van der Waals surface area contributed by atoms with Crippen LogP contribution in [0.2, 0.25) is 0 Å². The molecule has 112 valence electrons. The van der Waals surface area contributed by atoms with Crippen molar-refractivity contribution in [3.8, 4) is 0 Å². The van der Waals surface area contributed by atoms with Crippen molar-refractivity contribution in [1.29, 1.82) is 0 Å². The van der Waals surface area contributed by atoms with Crippen molar-refractivity contribution < 1.29 is 9.53 Å². The maximum absolute atomic E-state index is 12.3. The van der Waals surface area contributed by atoms with E-state index >= 15 is 0 Å². The average molecular weight is 277 g/mol. The maximum Gasteiger partial charge on any atom is 0.326 e. The van der Waals surface area contributed by atoms with E-state index in [0.717, 1.165) is 25.7 Å². The van der Waals surface area contributed by atoms with E-state index in [-0.39, 0.29) is 5.97 Å². The molecule has 0 radical (unpaired) electrons. The Kier molecular flexibility index (Phi) is 7.31. The molecule has 1 aromatic rings. The fourth-order valence-electron chi connectivity index (χ4n) is 2.32. The molecule has 1 atom stereocenters. The van der Waals surface area contributed by atoms with Crippen LogP contribution in [0.1, 0.15) is 52.0 Å². The Morgan fingerprint density at radius 2 is 1.90 bits per heavy atom. The third-order valence-corrected chi connectivity index (χ3v) is 3.70. The first-order valence-corrected chi connectivity index (χ1v) is 7.64. The quantitative estimate of drug-likeness (QED) is 0.700. The molecule has 0 bridgehead atoms. The van der Waals surface area contributed by atoms with Gasteiger partial charge in [0.25, 0.3) is 0 Å². The van der Waals surface area contributed by atoms with Gasteiger partial charge in [-0.1, -0.05) is 57.0 Å². The number of rotatable bonds is 9. The van der Waals surface area contributed by atoms with Crippen LogP contribution >= 0.6 is 0 Å². The van der Waals surface area contributed by atoms with Gasteiger partial charge in [0.05, 0.1) is 6.61 Å². The molecule has 3 nitrogen and oxygen atoms in total. The van der Waals surface area contributed by atoms with E-state index in [2.05, 4.69) is 24.4 Å². The number of carbonyl (C=O) groups is 1. The van der Waals surface area contributed by atoms with Crippen LogP contribution in [0.15, 0.2) is 30.3 Å². The summed E-state index contributed by atoms with van der Waals surface area (Å²) in [6.45, 7) is 7.17. The summed E-state index contributed by atoms with van der Waals surface area (Å²) in [4.78, 5) is 12.3. The summed E-state index contributed by atoms with van der Waals surface area (Å²) in [6, 6.07) is 10.2. The number of hydrogen-bond acceptors (Lipinski definition) is 3. The molecular formula is C17H27NO2. The van der Waals surface area contributed by atoms with E-state index in [1.165, 1.54) is 5.56 Å². The summed E-state index contributed by atoms with van der Waals surface area (Å²) in [5.41, 5.74) is 0.633. The standard InChI is InChI=1S/C17H27NO2/c1-4-7-13-17(5-2,16(19)20-6-3)18-14-15-11-9-8-10-12-15/h8-12,18H,4-7,13-14H2,1-3H3. The monoisotopic (exact) mass is 277 g/mol. The molecular weight excluding hydrogens is 250 g/mol. The van der Waals surface area contributed by atoms with E-state index in [9.17, 15) is 4.79 Å². The van der Waals surface area contributed by atoms with Crippen molar-refractivity contribution in [2.24, 2.45) is 0 Å². The van der Waals surface area contributed by atoms with Gasteiger partial charge < -0.3 is 4.74 Å². The lowest BCUT2D eigenvalue weighted by atomic mass is 9.89. The zero-order valence-corrected chi connectivity index (χ0v) is 12.9. The first kappa shape index (κ1) is 16.7. The van der Waals surface area contributed by atoms with Crippen LogP contribution in [0.25, 0.3) is 0 Å². The topological polar surface area (TPSA) is 38.3 Å². The van der Waals surface area contributed by atoms with Crippen LogP contribution in [0.5, 0.6) is 0 Å². The highest BCUT2D eigenvalue weighted by molar-refractivity contribution is 5.80. The van der Waals surface area contributed by atoms with Crippen molar-refractivity contribution in [2.75, 3.05) is 6.61 Å².